The van der Waals surface area contributed by atoms with Gasteiger partial charge in [-0.3, -0.25) is 0 Å². The van der Waals surface area contributed by atoms with Crippen molar-refractivity contribution < 1.29 is 0 Å². The van der Waals surface area contributed by atoms with Gasteiger partial charge in [-0.2, -0.15) is 0 Å². The summed E-state index contributed by atoms with van der Waals surface area (Å²) in [5.41, 5.74) is 18.8. The number of fused-ring (bicyclic) bond motifs is 3. The van der Waals surface area contributed by atoms with E-state index in [1.807, 2.05) is 18.2 Å². The highest BCUT2D eigenvalue weighted by atomic mass is 14.8. The van der Waals surface area contributed by atoms with Crippen molar-refractivity contribution in [2.75, 3.05) is 0 Å². The first-order chi connectivity index (χ1) is 30.7. The van der Waals surface area contributed by atoms with E-state index in [9.17, 15) is 0 Å². The minimum absolute atomic E-state index is 0.901. The molecule has 0 amide bonds. The van der Waals surface area contributed by atoms with Gasteiger partial charge in [-0.05, 0) is 46.0 Å². The Labute approximate surface area is 361 Å². The molecule has 0 aliphatic rings. The van der Waals surface area contributed by atoms with Crippen molar-refractivity contribution in [1.82, 2.24) is 15.0 Å². The molecule has 0 bridgehead atoms. The fourth-order valence-corrected chi connectivity index (χ4v) is 8.64. The SMILES string of the molecule is c1ccc(-c2ccc3ccc4ccc(-c5cccc(-c6ccc(-c7c(-c8ccccc8)c(-c8ccccc8)nc(-c8ccccc8)c7-c7ccccc7)cc6)c5)nc4c3n2)cc1. The quantitative estimate of drug-likeness (QED) is 0.144. The Bertz CT molecular complexity index is 3250. The van der Waals surface area contributed by atoms with Crippen LogP contribution in [-0.2, 0) is 0 Å². The van der Waals surface area contributed by atoms with Gasteiger partial charge in [-0.25, -0.2) is 15.0 Å². The third-order valence-electron chi connectivity index (χ3n) is 11.7. The summed E-state index contributed by atoms with van der Waals surface area (Å²) in [7, 11) is 0. The summed E-state index contributed by atoms with van der Waals surface area (Å²) in [5.74, 6) is 0. The zero-order valence-corrected chi connectivity index (χ0v) is 33.9. The molecule has 3 heterocycles. The van der Waals surface area contributed by atoms with Gasteiger partial charge in [0.1, 0.15) is 0 Å². The van der Waals surface area contributed by atoms with E-state index in [1.165, 1.54) is 0 Å². The molecule has 62 heavy (non-hydrogen) atoms. The predicted molar refractivity (Wildman–Crippen MR) is 258 cm³/mol. The molecular formula is C59H39N3. The molecule has 3 aromatic heterocycles. The van der Waals surface area contributed by atoms with Crippen LogP contribution in [0.3, 0.4) is 0 Å². The van der Waals surface area contributed by atoms with E-state index in [2.05, 4.69) is 218 Å². The van der Waals surface area contributed by atoms with Gasteiger partial charge in [0.05, 0.1) is 33.8 Å². The Morgan fingerprint density at radius 2 is 0.565 bits per heavy atom. The van der Waals surface area contributed by atoms with Gasteiger partial charge in [0.25, 0.3) is 0 Å². The standard InChI is InChI=1S/C59H39N3/c1-6-17-41(18-7-1)51-37-35-47-33-34-48-36-38-52(61-59(48)58(47)60-51)50-28-16-27-49(39-50)40-29-31-44(32-30-40)53-54(42-19-8-2-9-20-42)56(45-23-12-4-13-24-45)62-57(46-25-14-5-15-26-46)55(53)43-21-10-3-11-22-43/h1-39H. The maximum atomic E-state index is 5.60. The van der Waals surface area contributed by atoms with Crippen LogP contribution in [0, 0.1) is 0 Å². The van der Waals surface area contributed by atoms with Crippen LogP contribution in [0.4, 0.5) is 0 Å². The minimum atomic E-state index is 0.901. The van der Waals surface area contributed by atoms with Crippen LogP contribution in [0.2, 0.25) is 0 Å². The number of benzene rings is 8. The summed E-state index contributed by atoms with van der Waals surface area (Å²) in [4.78, 5) is 16.0. The molecule has 290 valence electrons. The second kappa shape index (κ2) is 16.1. The van der Waals surface area contributed by atoms with E-state index in [-0.39, 0.29) is 0 Å². The third kappa shape index (κ3) is 6.92. The van der Waals surface area contributed by atoms with Gasteiger partial charge in [0.15, 0.2) is 0 Å². The number of rotatable bonds is 8. The second-order valence-corrected chi connectivity index (χ2v) is 15.5. The summed E-state index contributed by atoms with van der Waals surface area (Å²) in [5, 5.41) is 2.14. The van der Waals surface area contributed by atoms with Crippen molar-refractivity contribution in [3.8, 4) is 89.5 Å². The summed E-state index contributed by atoms with van der Waals surface area (Å²) >= 11 is 0. The molecule has 3 heteroatoms. The zero-order chi connectivity index (χ0) is 41.2. The molecule has 0 fully saturated rings. The lowest BCUT2D eigenvalue weighted by Gasteiger charge is -2.23. The average molecular weight is 790 g/mol. The molecule has 0 saturated heterocycles. The van der Waals surface area contributed by atoms with Crippen LogP contribution >= 0.6 is 0 Å². The molecule has 0 saturated carbocycles. The number of pyridine rings is 3. The lowest BCUT2D eigenvalue weighted by molar-refractivity contribution is 1.32. The van der Waals surface area contributed by atoms with Gasteiger partial charge in [0, 0.05) is 49.7 Å². The van der Waals surface area contributed by atoms with Crippen LogP contribution < -0.4 is 0 Å². The van der Waals surface area contributed by atoms with Crippen molar-refractivity contribution in [2.45, 2.75) is 0 Å². The Balaban J connectivity index is 1.06. The maximum absolute atomic E-state index is 5.60. The normalized spacial score (nSPS) is 11.2. The van der Waals surface area contributed by atoms with Crippen LogP contribution in [-0.4, -0.2) is 15.0 Å². The van der Waals surface area contributed by atoms with Crippen molar-refractivity contribution in [2.24, 2.45) is 0 Å². The first-order valence-corrected chi connectivity index (χ1v) is 21.0. The average Bonchev–Trinajstić information content (AvgIpc) is 3.36. The molecule has 0 N–H and O–H groups in total. The fourth-order valence-electron chi connectivity index (χ4n) is 8.64. The van der Waals surface area contributed by atoms with E-state index in [0.717, 1.165) is 111 Å². The van der Waals surface area contributed by atoms with E-state index < -0.39 is 0 Å². The third-order valence-corrected chi connectivity index (χ3v) is 11.7. The van der Waals surface area contributed by atoms with Crippen molar-refractivity contribution >= 4 is 21.8 Å². The van der Waals surface area contributed by atoms with Crippen molar-refractivity contribution in [3.05, 3.63) is 237 Å². The first-order valence-electron chi connectivity index (χ1n) is 21.0. The van der Waals surface area contributed by atoms with Crippen LogP contribution in [0.1, 0.15) is 0 Å². The Morgan fingerprint density at radius 1 is 0.210 bits per heavy atom. The molecule has 11 rings (SSSR count). The minimum Gasteiger partial charge on any atom is -0.246 e. The van der Waals surface area contributed by atoms with E-state index >= 15 is 0 Å². The summed E-state index contributed by atoms with van der Waals surface area (Å²) in [6, 6.07) is 83.4. The van der Waals surface area contributed by atoms with E-state index in [4.69, 9.17) is 15.0 Å². The number of hydrogen-bond acceptors (Lipinski definition) is 3. The molecule has 11 aromatic rings. The molecule has 0 aliphatic carbocycles. The summed E-state index contributed by atoms with van der Waals surface area (Å²) in [6.07, 6.45) is 0. The first kappa shape index (κ1) is 36.8. The zero-order valence-electron chi connectivity index (χ0n) is 33.9. The summed E-state index contributed by atoms with van der Waals surface area (Å²) < 4.78 is 0. The molecule has 0 spiro atoms. The number of nitrogens with zero attached hydrogens (tertiary/aromatic N) is 3. The molecule has 0 aliphatic heterocycles. The van der Waals surface area contributed by atoms with Gasteiger partial charge >= 0.3 is 0 Å². The topological polar surface area (TPSA) is 38.7 Å². The van der Waals surface area contributed by atoms with Crippen LogP contribution in [0.15, 0.2) is 237 Å². The van der Waals surface area contributed by atoms with Crippen LogP contribution in [0.5, 0.6) is 0 Å². The number of aromatic nitrogens is 3. The smallest absolute Gasteiger partial charge is 0.0972 e. The van der Waals surface area contributed by atoms with Crippen molar-refractivity contribution in [3.63, 3.8) is 0 Å². The maximum Gasteiger partial charge on any atom is 0.0972 e. The number of hydrogen-bond donors (Lipinski definition) is 0. The van der Waals surface area contributed by atoms with E-state index in [0.29, 0.717) is 0 Å². The fraction of sp³-hybridized carbons (Fsp3) is 0. The highest BCUT2D eigenvalue weighted by molar-refractivity contribution is 6.06. The van der Waals surface area contributed by atoms with Gasteiger partial charge < -0.3 is 0 Å². The molecule has 3 nitrogen and oxygen atoms in total. The Kier molecular flexibility index (Phi) is 9.53. The van der Waals surface area contributed by atoms with Gasteiger partial charge in [-0.1, -0.05) is 218 Å². The van der Waals surface area contributed by atoms with Gasteiger partial charge in [0.2, 0.25) is 0 Å². The highest BCUT2D eigenvalue weighted by Crippen LogP contribution is 2.49. The largest absolute Gasteiger partial charge is 0.246 e. The predicted octanol–water partition coefficient (Wildman–Crippen LogP) is 15.5. The molecular weight excluding hydrogens is 751 g/mol. The van der Waals surface area contributed by atoms with Gasteiger partial charge in [-0.15, -0.1) is 0 Å². The molecule has 0 atom stereocenters. The lowest BCUT2D eigenvalue weighted by atomic mass is 9.83. The molecule has 0 radical (unpaired) electrons. The van der Waals surface area contributed by atoms with E-state index in [1.54, 1.807) is 0 Å². The van der Waals surface area contributed by atoms with Crippen molar-refractivity contribution in [1.29, 1.82) is 0 Å². The second-order valence-electron chi connectivity index (χ2n) is 15.5. The van der Waals surface area contributed by atoms with Crippen LogP contribution in [0.25, 0.3) is 111 Å². The highest BCUT2D eigenvalue weighted by Gasteiger charge is 2.25. The molecule has 0 unspecified atom stereocenters. The monoisotopic (exact) mass is 789 g/mol. The summed E-state index contributed by atoms with van der Waals surface area (Å²) in [6.45, 7) is 0. The Hall–Kier alpha value is -8.27. The Morgan fingerprint density at radius 3 is 1.05 bits per heavy atom. The molecule has 8 aromatic carbocycles. The lowest BCUT2D eigenvalue weighted by Crippen LogP contribution is -2.01.